The van der Waals surface area contributed by atoms with Crippen LogP contribution >= 0.6 is 11.8 Å². The van der Waals surface area contributed by atoms with Crippen LogP contribution in [0.2, 0.25) is 0 Å². The molecule has 28 heavy (non-hydrogen) atoms. The Morgan fingerprint density at radius 1 is 0.893 bits per heavy atom. The Balaban J connectivity index is 1.41. The zero-order chi connectivity index (χ0) is 19.6. The van der Waals surface area contributed by atoms with E-state index >= 15 is 0 Å². The molecule has 0 fully saturated rings. The van der Waals surface area contributed by atoms with Crippen LogP contribution < -0.4 is 0 Å². The minimum Gasteiger partial charge on any atom is -0.411 e. The zero-order valence-electron chi connectivity index (χ0n) is 14.1. The normalized spacial score (nSPS) is 11.7. The second-order valence-electron chi connectivity index (χ2n) is 5.61. The summed E-state index contributed by atoms with van der Waals surface area (Å²) in [5.74, 6) is 1.18. The van der Waals surface area contributed by atoms with E-state index in [9.17, 15) is 13.2 Å². The van der Waals surface area contributed by atoms with Crippen molar-refractivity contribution >= 4 is 11.8 Å². The van der Waals surface area contributed by atoms with E-state index in [4.69, 9.17) is 8.94 Å². The highest BCUT2D eigenvalue weighted by molar-refractivity contribution is 7.98. The molecule has 0 N–H and O–H groups in total. The van der Waals surface area contributed by atoms with Gasteiger partial charge in [-0.1, -0.05) is 47.3 Å². The lowest BCUT2D eigenvalue weighted by atomic mass is 10.1. The van der Waals surface area contributed by atoms with Crippen LogP contribution in [0.5, 0.6) is 0 Å². The maximum atomic E-state index is 12.6. The monoisotopic (exact) mass is 404 g/mol. The van der Waals surface area contributed by atoms with Gasteiger partial charge in [0.2, 0.25) is 17.6 Å². The molecule has 4 rings (SSSR count). The fraction of sp³-hybridized carbons (Fsp3) is 0.111. The van der Waals surface area contributed by atoms with Gasteiger partial charge in [0.25, 0.3) is 5.22 Å². The molecule has 10 heteroatoms. The Labute approximate surface area is 160 Å². The summed E-state index contributed by atoms with van der Waals surface area (Å²) in [6.45, 7) is 0. The first-order valence-electron chi connectivity index (χ1n) is 8.01. The molecule has 0 radical (unpaired) electrons. The number of aromatic nitrogens is 4. The highest BCUT2D eigenvalue weighted by Crippen LogP contribution is 2.31. The van der Waals surface area contributed by atoms with Crippen LogP contribution in [0, 0.1) is 0 Å². The molecule has 0 bridgehead atoms. The third kappa shape index (κ3) is 4.06. The third-order valence-corrected chi connectivity index (χ3v) is 4.49. The van der Waals surface area contributed by atoms with Gasteiger partial charge in [-0.25, -0.2) is 0 Å². The van der Waals surface area contributed by atoms with Crippen LogP contribution in [0.4, 0.5) is 13.2 Å². The van der Waals surface area contributed by atoms with Crippen molar-refractivity contribution in [2.45, 2.75) is 17.2 Å². The molecule has 0 unspecified atom stereocenters. The summed E-state index contributed by atoms with van der Waals surface area (Å²) >= 11 is 1.22. The van der Waals surface area contributed by atoms with Crippen molar-refractivity contribution in [3.05, 3.63) is 66.1 Å². The van der Waals surface area contributed by atoms with Crippen molar-refractivity contribution in [2.24, 2.45) is 0 Å². The summed E-state index contributed by atoms with van der Waals surface area (Å²) < 4.78 is 48.6. The molecule has 0 aliphatic carbocycles. The lowest BCUT2D eigenvalue weighted by molar-refractivity contribution is -0.137. The van der Waals surface area contributed by atoms with Crippen molar-refractivity contribution in [1.29, 1.82) is 0 Å². The summed E-state index contributed by atoms with van der Waals surface area (Å²) in [7, 11) is 0. The molecule has 0 saturated heterocycles. The molecule has 0 aliphatic rings. The zero-order valence-corrected chi connectivity index (χ0v) is 14.9. The van der Waals surface area contributed by atoms with Crippen LogP contribution in [-0.2, 0) is 11.9 Å². The fourth-order valence-electron chi connectivity index (χ4n) is 2.33. The number of alkyl halides is 3. The van der Waals surface area contributed by atoms with Crippen LogP contribution in [-0.4, -0.2) is 20.3 Å². The van der Waals surface area contributed by atoms with Crippen LogP contribution in [0.3, 0.4) is 0 Å². The average Bonchev–Trinajstić information content (AvgIpc) is 3.36. The smallest absolute Gasteiger partial charge is 0.411 e. The molecule has 0 atom stereocenters. The van der Waals surface area contributed by atoms with Crippen molar-refractivity contribution in [2.75, 3.05) is 0 Å². The maximum Gasteiger partial charge on any atom is 0.416 e. The van der Waals surface area contributed by atoms with Crippen molar-refractivity contribution < 1.29 is 22.1 Å². The number of halogens is 3. The number of hydrogen-bond donors (Lipinski definition) is 0. The van der Waals surface area contributed by atoms with Crippen LogP contribution in [0.15, 0.2) is 68.8 Å². The highest BCUT2D eigenvalue weighted by atomic mass is 32.2. The maximum absolute atomic E-state index is 12.6. The lowest BCUT2D eigenvalue weighted by Crippen LogP contribution is -2.04. The summed E-state index contributed by atoms with van der Waals surface area (Å²) in [5, 5.41) is 12.1. The van der Waals surface area contributed by atoms with Crippen molar-refractivity contribution in [3.8, 4) is 22.8 Å². The quantitative estimate of drug-likeness (QED) is 0.428. The van der Waals surface area contributed by atoms with E-state index < -0.39 is 11.7 Å². The van der Waals surface area contributed by atoms with Gasteiger partial charge in [-0.05, 0) is 24.3 Å². The van der Waals surface area contributed by atoms with Gasteiger partial charge in [0.05, 0.1) is 11.3 Å². The molecule has 2 aromatic heterocycles. The Morgan fingerprint density at radius 3 is 2.36 bits per heavy atom. The number of nitrogens with zero attached hydrogens (tertiary/aromatic N) is 4. The minimum absolute atomic E-state index is 0.208. The molecule has 6 nitrogen and oxygen atoms in total. The first-order valence-corrected chi connectivity index (χ1v) is 8.99. The van der Waals surface area contributed by atoms with Gasteiger partial charge < -0.3 is 8.94 Å². The SMILES string of the molecule is FC(F)(F)c1ccc(-c2noc(CSc3nnc(-c4ccccc4)o3)n2)cc1. The van der Waals surface area contributed by atoms with Crippen molar-refractivity contribution in [1.82, 2.24) is 20.3 Å². The number of hydrogen-bond acceptors (Lipinski definition) is 7. The Kier molecular flexibility index (Phi) is 4.86. The standard InChI is InChI=1S/C18H11F3N4O2S/c19-18(20,21)13-8-6-11(7-9-13)15-22-14(27-25-15)10-28-17-24-23-16(26-17)12-4-2-1-3-5-12/h1-9H,10H2. The molecular formula is C18H11F3N4O2S. The topological polar surface area (TPSA) is 77.8 Å². The van der Waals surface area contributed by atoms with Crippen LogP contribution in [0.1, 0.15) is 11.5 Å². The molecule has 4 aromatic rings. The molecule has 2 heterocycles. The fourth-order valence-corrected chi connectivity index (χ4v) is 2.93. The summed E-state index contributed by atoms with van der Waals surface area (Å²) in [6, 6.07) is 13.9. The van der Waals surface area contributed by atoms with Gasteiger partial charge in [0, 0.05) is 11.1 Å². The molecule has 0 amide bonds. The largest absolute Gasteiger partial charge is 0.416 e. The second-order valence-corrected chi connectivity index (χ2v) is 6.54. The highest BCUT2D eigenvalue weighted by Gasteiger charge is 2.30. The van der Waals surface area contributed by atoms with Gasteiger partial charge in [-0.3, -0.25) is 0 Å². The second kappa shape index (κ2) is 7.47. The van der Waals surface area contributed by atoms with E-state index in [1.807, 2.05) is 30.3 Å². The van der Waals surface area contributed by atoms with Gasteiger partial charge in [-0.2, -0.15) is 18.2 Å². The van der Waals surface area contributed by atoms with E-state index in [-0.39, 0.29) is 11.6 Å². The van der Waals surface area contributed by atoms with E-state index in [1.54, 1.807) is 0 Å². The number of benzene rings is 2. The summed E-state index contributed by atoms with van der Waals surface area (Å²) in [6.07, 6.45) is -4.39. The van der Waals surface area contributed by atoms with Gasteiger partial charge in [0.15, 0.2) is 0 Å². The molecular weight excluding hydrogens is 393 g/mol. The lowest BCUT2D eigenvalue weighted by Gasteiger charge is -2.05. The third-order valence-electron chi connectivity index (χ3n) is 3.68. The average molecular weight is 404 g/mol. The molecule has 2 aromatic carbocycles. The first kappa shape index (κ1) is 18.2. The van der Waals surface area contributed by atoms with E-state index in [2.05, 4.69) is 20.3 Å². The van der Waals surface area contributed by atoms with E-state index in [0.29, 0.717) is 22.6 Å². The van der Waals surface area contributed by atoms with E-state index in [0.717, 1.165) is 17.7 Å². The Morgan fingerprint density at radius 2 is 1.64 bits per heavy atom. The van der Waals surface area contributed by atoms with Gasteiger partial charge in [0.1, 0.15) is 0 Å². The van der Waals surface area contributed by atoms with Gasteiger partial charge in [-0.15, -0.1) is 10.2 Å². The van der Waals surface area contributed by atoms with E-state index in [1.165, 1.54) is 23.9 Å². The van der Waals surface area contributed by atoms with Crippen LogP contribution in [0.25, 0.3) is 22.8 Å². The molecule has 0 saturated carbocycles. The Bertz CT molecular complexity index is 1060. The predicted molar refractivity (Wildman–Crippen MR) is 94.0 cm³/mol. The summed E-state index contributed by atoms with van der Waals surface area (Å²) in [5.41, 5.74) is 0.502. The van der Waals surface area contributed by atoms with Crippen molar-refractivity contribution in [3.63, 3.8) is 0 Å². The predicted octanol–water partition coefficient (Wildman–Crippen LogP) is 5.10. The van der Waals surface area contributed by atoms with Gasteiger partial charge >= 0.3 is 6.18 Å². The Hall–Kier alpha value is -3.14. The minimum atomic E-state index is -4.39. The first-order chi connectivity index (χ1) is 13.5. The number of thioether (sulfide) groups is 1. The number of rotatable bonds is 5. The molecule has 142 valence electrons. The summed E-state index contributed by atoms with van der Waals surface area (Å²) in [4.78, 5) is 4.18. The molecule has 0 aliphatic heterocycles. The molecule has 0 spiro atoms.